The molecule has 2 aromatic rings. The van der Waals surface area contributed by atoms with Gasteiger partial charge in [-0.3, -0.25) is 19.7 Å². The zero-order valence-electron chi connectivity index (χ0n) is 17.4. The number of nitrogens with two attached hydrogens (primary N) is 2. The fourth-order valence-corrected chi connectivity index (χ4v) is 4.10. The molecule has 0 radical (unpaired) electrons. The van der Waals surface area contributed by atoms with Gasteiger partial charge in [0.25, 0.3) is 5.91 Å². The van der Waals surface area contributed by atoms with Crippen LogP contribution >= 0.6 is 0 Å². The molecule has 1 aromatic carbocycles. The molecule has 0 spiro atoms. The van der Waals surface area contributed by atoms with Gasteiger partial charge in [0.05, 0.1) is 11.7 Å². The summed E-state index contributed by atoms with van der Waals surface area (Å²) in [7, 11) is 0. The molecule has 3 heterocycles. The SMILES string of the molecule is CC[C@H](C)C1=NC2C(CCCN=C(N)N)NC(c3c[nH]c4ccccc34)=CN2C1=O. The second-order valence-corrected chi connectivity index (χ2v) is 7.94. The Morgan fingerprint density at radius 2 is 2.13 bits per heavy atom. The third-order valence-corrected chi connectivity index (χ3v) is 5.91. The van der Waals surface area contributed by atoms with E-state index < -0.39 is 0 Å². The number of H-pyrrole nitrogens is 1. The van der Waals surface area contributed by atoms with Gasteiger partial charge < -0.3 is 21.8 Å². The molecule has 3 atom stereocenters. The van der Waals surface area contributed by atoms with E-state index in [1.165, 1.54) is 0 Å². The number of aromatic amines is 1. The van der Waals surface area contributed by atoms with E-state index in [0.29, 0.717) is 12.3 Å². The maximum absolute atomic E-state index is 13.1. The van der Waals surface area contributed by atoms with Gasteiger partial charge in [0.15, 0.2) is 5.96 Å². The highest BCUT2D eigenvalue weighted by molar-refractivity contribution is 6.41. The minimum Gasteiger partial charge on any atom is -0.377 e. The van der Waals surface area contributed by atoms with E-state index in [1.807, 2.05) is 30.6 Å². The number of nitrogens with zero attached hydrogens (tertiary/aromatic N) is 3. The highest BCUT2D eigenvalue weighted by Gasteiger charge is 2.42. The van der Waals surface area contributed by atoms with Crippen molar-refractivity contribution in [2.24, 2.45) is 27.4 Å². The molecule has 1 amide bonds. The number of hydrogen-bond acceptors (Lipinski definition) is 4. The van der Waals surface area contributed by atoms with Crippen molar-refractivity contribution in [1.82, 2.24) is 15.2 Å². The number of fused-ring (bicyclic) bond motifs is 2. The van der Waals surface area contributed by atoms with Gasteiger partial charge in [-0.1, -0.05) is 32.0 Å². The number of aromatic nitrogens is 1. The molecule has 4 rings (SSSR count). The first kappa shape index (κ1) is 20.0. The molecule has 0 bridgehead atoms. The maximum Gasteiger partial charge on any atom is 0.274 e. The first-order valence-corrected chi connectivity index (χ1v) is 10.5. The monoisotopic (exact) mass is 407 g/mol. The van der Waals surface area contributed by atoms with E-state index in [1.54, 1.807) is 4.90 Å². The Balaban J connectivity index is 1.66. The second kappa shape index (κ2) is 8.22. The molecule has 0 fully saturated rings. The molecule has 0 saturated carbocycles. The second-order valence-electron chi connectivity index (χ2n) is 7.94. The lowest BCUT2D eigenvalue weighted by Crippen LogP contribution is -2.50. The van der Waals surface area contributed by atoms with Crippen LogP contribution in [-0.4, -0.2) is 46.2 Å². The van der Waals surface area contributed by atoms with E-state index in [4.69, 9.17) is 16.5 Å². The number of amides is 1. The van der Waals surface area contributed by atoms with Crippen LogP contribution in [0.25, 0.3) is 16.6 Å². The van der Waals surface area contributed by atoms with E-state index in [9.17, 15) is 4.79 Å². The molecule has 6 N–H and O–H groups in total. The Morgan fingerprint density at radius 3 is 2.90 bits per heavy atom. The van der Waals surface area contributed by atoms with Gasteiger partial charge >= 0.3 is 0 Å². The van der Waals surface area contributed by atoms with Gasteiger partial charge in [-0.25, -0.2) is 0 Å². The Kier molecular flexibility index (Phi) is 5.48. The summed E-state index contributed by atoms with van der Waals surface area (Å²) in [5.41, 5.74) is 14.6. The number of carbonyl (C=O) groups excluding carboxylic acids is 1. The first-order chi connectivity index (χ1) is 14.5. The summed E-state index contributed by atoms with van der Waals surface area (Å²) in [6.07, 6.45) is 6.12. The average molecular weight is 408 g/mol. The molecule has 30 heavy (non-hydrogen) atoms. The quantitative estimate of drug-likeness (QED) is 0.319. The van der Waals surface area contributed by atoms with Crippen LogP contribution in [0.2, 0.25) is 0 Å². The fraction of sp³-hybridized carbons (Fsp3) is 0.409. The van der Waals surface area contributed by atoms with Crippen molar-refractivity contribution in [3.63, 3.8) is 0 Å². The van der Waals surface area contributed by atoms with E-state index in [2.05, 4.69) is 35.2 Å². The smallest absolute Gasteiger partial charge is 0.274 e. The molecule has 2 aliphatic heterocycles. The third-order valence-electron chi connectivity index (χ3n) is 5.91. The van der Waals surface area contributed by atoms with Crippen molar-refractivity contribution < 1.29 is 4.79 Å². The molecule has 0 saturated heterocycles. The molecule has 1 aromatic heterocycles. The van der Waals surface area contributed by atoms with Gasteiger partial charge in [-0.05, 0) is 25.3 Å². The summed E-state index contributed by atoms with van der Waals surface area (Å²) in [5.74, 6) is 0.235. The Hall–Kier alpha value is -3.29. The topological polar surface area (TPSA) is 125 Å². The molecule has 2 unspecified atom stereocenters. The highest BCUT2D eigenvalue weighted by atomic mass is 16.2. The number of nitrogens with one attached hydrogen (secondary N) is 2. The average Bonchev–Trinajstić information content (AvgIpc) is 3.32. The highest BCUT2D eigenvalue weighted by Crippen LogP contribution is 2.32. The van der Waals surface area contributed by atoms with Gasteiger partial charge in [-0.15, -0.1) is 0 Å². The normalized spacial score (nSPS) is 21.7. The predicted octanol–water partition coefficient (Wildman–Crippen LogP) is 2.15. The number of guanidine groups is 1. The third kappa shape index (κ3) is 3.65. The molecule has 8 heteroatoms. The number of aliphatic imine (C=N–C) groups is 2. The van der Waals surface area contributed by atoms with Gasteiger partial charge in [0.1, 0.15) is 11.9 Å². The van der Waals surface area contributed by atoms with Crippen molar-refractivity contribution in [3.8, 4) is 0 Å². The van der Waals surface area contributed by atoms with Crippen molar-refractivity contribution in [1.29, 1.82) is 0 Å². The lowest BCUT2D eigenvalue weighted by atomic mass is 10.0. The number of benzene rings is 1. The number of hydrogen-bond donors (Lipinski definition) is 4. The van der Waals surface area contributed by atoms with E-state index in [-0.39, 0.29) is 30.0 Å². The number of rotatable bonds is 7. The Morgan fingerprint density at radius 1 is 1.33 bits per heavy atom. The number of para-hydroxylation sites is 1. The maximum atomic E-state index is 13.1. The Labute approximate surface area is 176 Å². The molecule has 2 aliphatic rings. The van der Waals surface area contributed by atoms with Crippen LogP contribution in [0.1, 0.15) is 38.7 Å². The van der Waals surface area contributed by atoms with Crippen LogP contribution in [0.4, 0.5) is 0 Å². The first-order valence-electron chi connectivity index (χ1n) is 10.5. The minimum absolute atomic E-state index is 0.00224. The fourth-order valence-electron chi connectivity index (χ4n) is 4.10. The van der Waals surface area contributed by atoms with Crippen LogP contribution in [0.3, 0.4) is 0 Å². The summed E-state index contributed by atoms with van der Waals surface area (Å²) in [6.45, 7) is 4.69. The van der Waals surface area contributed by atoms with Crippen molar-refractivity contribution in [2.45, 2.75) is 45.3 Å². The summed E-state index contributed by atoms with van der Waals surface area (Å²) >= 11 is 0. The summed E-state index contributed by atoms with van der Waals surface area (Å²) in [5, 5.41) is 4.75. The molecule has 158 valence electrons. The van der Waals surface area contributed by atoms with E-state index >= 15 is 0 Å². The standard InChI is InChI=1S/C22H29N7O/c1-3-13(2)19-21(30)29-12-18(15-11-26-16-8-5-4-7-14(15)16)27-17(20(29)28-19)9-6-10-25-22(23)24/h4-5,7-8,11-13,17,20,26-27H,3,6,9-10H2,1-2H3,(H4,23,24,25)/t13-,17?,20?/m0/s1. The summed E-state index contributed by atoms with van der Waals surface area (Å²) < 4.78 is 0. The molecule has 0 aliphatic carbocycles. The molecular weight excluding hydrogens is 378 g/mol. The number of carbonyl (C=O) groups is 1. The van der Waals surface area contributed by atoms with E-state index in [0.717, 1.165) is 41.4 Å². The molecule has 8 nitrogen and oxygen atoms in total. The van der Waals surface area contributed by atoms with Crippen LogP contribution in [0, 0.1) is 5.92 Å². The summed E-state index contributed by atoms with van der Waals surface area (Å²) in [4.78, 5) is 27.2. The summed E-state index contributed by atoms with van der Waals surface area (Å²) in [6, 6.07) is 8.13. The zero-order chi connectivity index (χ0) is 21.3. The van der Waals surface area contributed by atoms with Crippen molar-refractivity contribution >= 4 is 34.2 Å². The van der Waals surface area contributed by atoms with Crippen LogP contribution < -0.4 is 16.8 Å². The lowest BCUT2D eigenvalue weighted by Gasteiger charge is -2.35. The van der Waals surface area contributed by atoms with Crippen LogP contribution in [-0.2, 0) is 4.79 Å². The van der Waals surface area contributed by atoms with Gasteiger partial charge in [0.2, 0.25) is 0 Å². The Bertz CT molecular complexity index is 1030. The predicted molar refractivity (Wildman–Crippen MR) is 121 cm³/mol. The minimum atomic E-state index is -0.241. The van der Waals surface area contributed by atoms with Gasteiger partial charge in [-0.2, -0.15) is 0 Å². The van der Waals surface area contributed by atoms with Crippen LogP contribution in [0.5, 0.6) is 0 Å². The largest absolute Gasteiger partial charge is 0.377 e. The lowest BCUT2D eigenvalue weighted by molar-refractivity contribution is -0.122. The van der Waals surface area contributed by atoms with Crippen molar-refractivity contribution in [2.75, 3.05) is 6.54 Å². The van der Waals surface area contributed by atoms with Crippen molar-refractivity contribution in [3.05, 3.63) is 42.2 Å². The van der Waals surface area contributed by atoms with Crippen LogP contribution in [0.15, 0.2) is 46.6 Å². The molecular formula is C22H29N7O. The van der Waals surface area contributed by atoms with Gasteiger partial charge in [0, 0.05) is 41.3 Å². The zero-order valence-corrected chi connectivity index (χ0v) is 17.4.